The molecule has 9 aromatic carbocycles. The van der Waals surface area contributed by atoms with E-state index in [4.69, 9.17) is 0 Å². The lowest BCUT2D eigenvalue weighted by Gasteiger charge is -2.37. The van der Waals surface area contributed by atoms with Crippen molar-refractivity contribution in [1.82, 2.24) is 4.57 Å². The Bertz CT molecular complexity index is 3040. The number of aromatic nitrogens is 1. The zero-order valence-corrected chi connectivity index (χ0v) is 30.0. The molecule has 0 amide bonds. The van der Waals surface area contributed by atoms with Gasteiger partial charge in [-0.15, -0.1) is 0 Å². The Morgan fingerprint density at radius 2 is 0.909 bits per heavy atom. The molecule has 0 saturated carbocycles. The first-order chi connectivity index (χ1) is 27.3. The summed E-state index contributed by atoms with van der Waals surface area (Å²) in [4.78, 5) is 2.50. The van der Waals surface area contributed by atoms with Crippen LogP contribution in [0.25, 0.3) is 60.5 Å². The predicted molar refractivity (Wildman–Crippen MR) is 229 cm³/mol. The molecule has 0 spiro atoms. The average molecular weight is 699 g/mol. The topological polar surface area (TPSA) is 8.17 Å². The molecular weight excluding hydrogens is 665 g/mol. The van der Waals surface area contributed by atoms with Gasteiger partial charge in [0, 0.05) is 33.1 Å². The van der Waals surface area contributed by atoms with Crippen LogP contribution >= 0.6 is 0 Å². The molecule has 1 aliphatic heterocycles. The third-order valence-electron chi connectivity index (χ3n) is 12.2. The molecule has 2 heterocycles. The molecule has 0 radical (unpaired) electrons. The molecule has 12 rings (SSSR count). The van der Waals surface area contributed by atoms with Crippen molar-refractivity contribution in [2.75, 3.05) is 4.90 Å². The van der Waals surface area contributed by atoms with Gasteiger partial charge in [0.1, 0.15) is 0 Å². The smallest absolute Gasteiger partial charge is 0.0714 e. The lowest BCUT2D eigenvalue weighted by molar-refractivity contribution is 0.768. The Kier molecular flexibility index (Phi) is 6.29. The highest BCUT2D eigenvalue weighted by Crippen LogP contribution is 2.60. The van der Waals surface area contributed by atoms with Crippen LogP contribution in [-0.4, -0.2) is 4.57 Å². The zero-order valence-electron chi connectivity index (χ0n) is 30.0. The summed E-state index contributed by atoms with van der Waals surface area (Å²) in [5.74, 6) is 0. The fourth-order valence-corrected chi connectivity index (χ4v) is 9.97. The molecule has 0 atom stereocenters. The highest BCUT2D eigenvalue weighted by molar-refractivity contribution is 6.15. The Hall–Kier alpha value is -7.16. The molecular formula is C53H34N2. The highest BCUT2D eigenvalue weighted by atomic mass is 15.2. The van der Waals surface area contributed by atoms with E-state index in [0.717, 1.165) is 11.4 Å². The Balaban J connectivity index is 1.13. The fourth-order valence-electron chi connectivity index (χ4n) is 9.97. The maximum atomic E-state index is 2.51. The lowest BCUT2D eigenvalue weighted by Crippen LogP contribution is -2.29. The number of fused-ring (bicyclic) bond motifs is 8. The van der Waals surface area contributed by atoms with E-state index in [1.807, 2.05) is 0 Å². The van der Waals surface area contributed by atoms with Crippen LogP contribution in [0, 0.1) is 0 Å². The van der Waals surface area contributed by atoms with Crippen molar-refractivity contribution in [3.63, 3.8) is 0 Å². The Labute approximate surface area is 319 Å². The molecule has 1 aromatic heterocycles. The van der Waals surface area contributed by atoms with Crippen LogP contribution < -0.4 is 4.90 Å². The van der Waals surface area contributed by atoms with Gasteiger partial charge < -0.3 is 9.47 Å². The van der Waals surface area contributed by atoms with E-state index in [1.54, 1.807) is 0 Å². The first kappa shape index (κ1) is 30.3. The van der Waals surface area contributed by atoms with E-state index < -0.39 is 5.41 Å². The van der Waals surface area contributed by atoms with Crippen LogP contribution in [0.4, 0.5) is 17.1 Å². The summed E-state index contributed by atoms with van der Waals surface area (Å²) in [6.45, 7) is 0. The minimum absolute atomic E-state index is 0.488. The standard InChI is InChI=1S/C53H34N2/c1-3-17-36(18-4-1)53(37-19-5-2-6-20-37)46-25-10-7-21-40(46)44-33-45-43-24-13-15-35-16-14-28-50(52(35)43)55(51(45)34-47(44)53)39-31-29-38(30-32-39)54-48-26-11-8-22-41(48)42-23-9-12-27-49(42)54/h1-34H. The van der Waals surface area contributed by atoms with Gasteiger partial charge in [0.25, 0.3) is 0 Å². The van der Waals surface area contributed by atoms with E-state index in [1.165, 1.54) is 88.5 Å². The van der Waals surface area contributed by atoms with Crippen LogP contribution in [0.15, 0.2) is 206 Å². The van der Waals surface area contributed by atoms with E-state index >= 15 is 0 Å². The number of benzene rings is 9. The van der Waals surface area contributed by atoms with Gasteiger partial charge in [0.05, 0.1) is 27.8 Å². The molecule has 55 heavy (non-hydrogen) atoms. The summed E-state index contributed by atoms with van der Waals surface area (Å²) in [6, 6.07) is 76.4. The summed E-state index contributed by atoms with van der Waals surface area (Å²) < 4.78 is 2.40. The quantitative estimate of drug-likeness (QED) is 0.178. The van der Waals surface area contributed by atoms with Crippen molar-refractivity contribution in [2.24, 2.45) is 0 Å². The van der Waals surface area contributed by atoms with Gasteiger partial charge in [0.2, 0.25) is 0 Å². The van der Waals surface area contributed by atoms with Crippen LogP contribution in [0.5, 0.6) is 0 Å². The van der Waals surface area contributed by atoms with Crippen LogP contribution in [0.2, 0.25) is 0 Å². The second-order valence-electron chi connectivity index (χ2n) is 14.8. The van der Waals surface area contributed by atoms with Gasteiger partial charge in [-0.2, -0.15) is 0 Å². The third-order valence-corrected chi connectivity index (χ3v) is 12.2. The van der Waals surface area contributed by atoms with E-state index in [2.05, 4.69) is 216 Å². The van der Waals surface area contributed by atoms with Crippen LogP contribution in [0.1, 0.15) is 22.3 Å². The maximum absolute atomic E-state index is 2.51. The number of nitrogens with zero attached hydrogens (tertiary/aromatic N) is 2. The molecule has 0 N–H and O–H groups in total. The lowest BCUT2D eigenvalue weighted by atomic mass is 9.67. The molecule has 0 unspecified atom stereocenters. The van der Waals surface area contributed by atoms with Crippen molar-refractivity contribution in [3.05, 3.63) is 229 Å². The third kappa shape index (κ3) is 4.08. The molecule has 2 nitrogen and oxygen atoms in total. The molecule has 1 aliphatic carbocycles. The van der Waals surface area contributed by atoms with Crippen molar-refractivity contribution in [1.29, 1.82) is 0 Å². The minimum atomic E-state index is -0.488. The Morgan fingerprint density at radius 1 is 0.345 bits per heavy atom. The van der Waals surface area contributed by atoms with E-state index in [0.29, 0.717) is 0 Å². The number of hydrogen-bond donors (Lipinski definition) is 0. The van der Waals surface area contributed by atoms with Gasteiger partial charge in [-0.25, -0.2) is 0 Å². The molecule has 2 aliphatic rings. The first-order valence-electron chi connectivity index (χ1n) is 19.1. The van der Waals surface area contributed by atoms with Gasteiger partial charge in [0.15, 0.2) is 0 Å². The zero-order chi connectivity index (χ0) is 36.1. The van der Waals surface area contributed by atoms with Gasteiger partial charge in [-0.05, 0) is 98.9 Å². The van der Waals surface area contributed by atoms with Crippen LogP contribution in [-0.2, 0) is 5.41 Å². The number of para-hydroxylation sites is 2. The van der Waals surface area contributed by atoms with E-state index in [9.17, 15) is 0 Å². The van der Waals surface area contributed by atoms with E-state index in [-0.39, 0.29) is 0 Å². The first-order valence-corrected chi connectivity index (χ1v) is 19.1. The van der Waals surface area contributed by atoms with Crippen molar-refractivity contribution < 1.29 is 0 Å². The Morgan fingerprint density at radius 3 is 1.60 bits per heavy atom. The van der Waals surface area contributed by atoms with Gasteiger partial charge >= 0.3 is 0 Å². The van der Waals surface area contributed by atoms with Crippen LogP contribution in [0.3, 0.4) is 0 Å². The summed E-state index contributed by atoms with van der Waals surface area (Å²) in [5.41, 5.74) is 16.9. The molecule has 0 bridgehead atoms. The number of rotatable bonds is 4. The number of anilines is 3. The SMILES string of the molecule is c1ccc(C2(c3ccccc3)c3ccccc3-c3cc4c(cc32)N(c2ccc(-n3c5ccccc5c5ccccc53)cc2)c2cccc3cccc-4c23)cc1. The molecule has 0 saturated heterocycles. The monoisotopic (exact) mass is 698 g/mol. The predicted octanol–water partition coefficient (Wildman–Crippen LogP) is 13.8. The van der Waals surface area contributed by atoms with Gasteiger partial charge in [-0.1, -0.05) is 152 Å². The molecule has 10 aromatic rings. The van der Waals surface area contributed by atoms with Crippen molar-refractivity contribution >= 4 is 49.6 Å². The summed E-state index contributed by atoms with van der Waals surface area (Å²) in [7, 11) is 0. The normalized spacial score (nSPS) is 13.6. The largest absolute Gasteiger partial charge is 0.309 e. The number of hydrogen-bond acceptors (Lipinski definition) is 1. The summed E-state index contributed by atoms with van der Waals surface area (Å²) in [5, 5.41) is 5.07. The summed E-state index contributed by atoms with van der Waals surface area (Å²) >= 11 is 0. The van der Waals surface area contributed by atoms with Crippen molar-refractivity contribution in [3.8, 4) is 27.9 Å². The average Bonchev–Trinajstić information content (AvgIpc) is 3.75. The second kappa shape index (κ2) is 11.4. The second-order valence-corrected chi connectivity index (χ2v) is 14.8. The fraction of sp³-hybridized carbons (Fsp3) is 0.0189. The molecule has 0 fully saturated rings. The molecule has 2 heteroatoms. The van der Waals surface area contributed by atoms with Crippen molar-refractivity contribution in [2.45, 2.75) is 5.41 Å². The summed E-state index contributed by atoms with van der Waals surface area (Å²) in [6.07, 6.45) is 0. The minimum Gasteiger partial charge on any atom is -0.309 e. The maximum Gasteiger partial charge on any atom is 0.0714 e. The molecule has 256 valence electrons. The highest BCUT2D eigenvalue weighted by Gasteiger charge is 2.47. The van der Waals surface area contributed by atoms with Gasteiger partial charge in [-0.3, -0.25) is 0 Å².